The Morgan fingerprint density at radius 1 is 1.19 bits per heavy atom. The summed E-state index contributed by atoms with van der Waals surface area (Å²) in [6.07, 6.45) is 3.39. The molecule has 154 valence electrons. The van der Waals surface area contributed by atoms with Gasteiger partial charge in [0, 0.05) is 21.2 Å². The van der Waals surface area contributed by atoms with Crippen LogP contribution in [0.4, 0.5) is 5.13 Å². The highest BCUT2D eigenvalue weighted by Gasteiger charge is 2.15. The van der Waals surface area contributed by atoms with E-state index in [2.05, 4.69) is 15.3 Å². The minimum absolute atomic E-state index is 0.140. The van der Waals surface area contributed by atoms with Crippen LogP contribution in [-0.2, 0) is 11.3 Å². The summed E-state index contributed by atoms with van der Waals surface area (Å²) in [6, 6.07) is 15.4. The van der Waals surface area contributed by atoms with Crippen LogP contribution in [-0.4, -0.2) is 26.7 Å². The van der Waals surface area contributed by atoms with E-state index in [1.807, 2.05) is 54.1 Å². The third-order valence-electron chi connectivity index (χ3n) is 4.80. The molecule has 3 heterocycles. The molecule has 9 heteroatoms. The minimum Gasteiger partial charge on any atom is -0.448 e. The SMILES string of the molecule is CSc1ccc(-c2csc(NC(=O)Cn3cnc4c(oc5ccccc54)c3=O)n2)cc1. The number of carbonyl (C=O) groups is 1. The van der Waals surface area contributed by atoms with Crippen molar-refractivity contribution in [2.75, 3.05) is 11.6 Å². The summed E-state index contributed by atoms with van der Waals surface area (Å²) >= 11 is 3.01. The molecule has 0 saturated heterocycles. The summed E-state index contributed by atoms with van der Waals surface area (Å²) in [5.41, 5.74) is 2.59. The van der Waals surface area contributed by atoms with Gasteiger partial charge in [-0.2, -0.15) is 0 Å². The van der Waals surface area contributed by atoms with E-state index in [9.17, 15) is 9.59 Å². The molecule has 5 rings (SSSR count). The maximum Gasteiger partial charge on any atom is 0.297 e. The van der Waals surface area contributed by atoms with Gasteiger partial charge in [0.2, 0.25) is 11.5 Å². The molecule has 5 aromatic rings. The summed E-state index contributed by atoms with van der Waals surface area (Å²) in [5, 5.41) is 5.88. The van der Waals surface area contributed by atoms with E-state index in [0.29, 0.717) is 16.2 Å². The van der Waals surface area contributed by atoms with E-state index in [0.717, 1.165) is 16.6 Å². The maximum absolute atomic E-state index is 12.8. The van der Waals surface area contributed by atoms with Crippen LogP contribution >= 0.6 is 23.1 Å². The molecule has 3 aromatic heterocycles. The van der Waals surface area contributed by atoms with Crippen LogP contribution in [0, 0.1) is 0 Å². The second-order valence-electron chi connectivity index (χ2n) is 6.77. The van der Waals surface area contributed by atoms with Crippen LogP contribution in [0.25, 0.3) is 33.3 Å². The van der Waals surface area contributed by atoms with Gasteiger partial charge in [-0.3, -0.25) is 14.2 Å². The van der Waals surface area contributed by atoms with Crippen LogP contribution in [0.3, 0.4) is 0 Å². The zero-order valence-electron chi connectivity index (χ0n) is 16.4. The zero-order chi connectivity index (χ0) is 21.4. The van der Waals surface area contributed by atoms with Crippen molar-refractivity contribution < 1.29 is 9.21 Å². The highest BCUT2D eigenvalue weighted by atomic mass is 32.2. The molecule has 7 nitrogen and oxygen atoms in total. The standard InChI is InChI=1S/C22H16N4O3S2/c1-30-14-8-6-13(7-9-14)16-11-31-22(24-16)25-18(27)10-26-12-23-19-15-4-2-3-5-17(15)29-20(19)21(26)28/h2-9,11-12H,10H2,1H3,(H,24,25,27). The van der Waals surface area contributed by atoms with Crippen LogP contribution in [0.15, 0.2) is 74.3 Å². The Morgan fingerprint density at radius 2 is 2.00 bits per heavy atom. The number of aromatic nitrogens is 3. The molecular formula is C22H16N4O3S2. The first-order valence-corrected chi connectivity index (χ1v) is 11.5. The Kier molecular flexibility index (Phi) is 5.05. The van der Waals surface area contributed by atoms with Gasteiger partial charge in [-0.1, -0.05) is 24.3 Å². The molecule has 0 aliphatic heterocycles. The summed E-state index contributed by atoms with van der Waals surface area (Å²) in [4.78, 5) is 35.2. The lowest BCUT2D eigenvalue weighted by Gasteiger charge is -2.04. The fraction of sp³-hybridized carbons (Fsp3) is 0.0909. The van der Waals surface area contributed by atoms with Crippen LogP contribution in [0.5, 0.6) is 0 Å². The fourth-order valence-electron chi connectivity index (χ4n) is 3.27. The van der Waals surface area contributed by atoms with E-state index in [1.54, 1.807) is 17.8 Å². The molecule has 1 amide bonds. The monoisotopic (exact) mass is 448 g/mol. The van der Waals surface area contributed by atoms with Gasteiger partial charge < -0.3 is 9.73 Å². The van der Waals surface area contributed by atoms with Gasteiger partial charge in [-0.25, -0.2) is 9.97 Å². The third-order valence-corrected chi connectivity index (χ3v) is 6.30. The van der Waals surface area contributed by atoms with E-state index >= 15 is 0 Å². The van der Waals surface area contributed by atoms with Crippen LogP contribution < -0.4 is 10.9 Å². The molecule has 0 spiro atoms. The molecule has 0 bridgehead atoms. The lowest BCUT2D eigenvalue weighted by Crippen LogP contribution is -2.27. The summed E-state index contributed by atoms with van der Waals surface area (Å²) in [7, 11) is 0. The molecule has 0 aliphatic rings. The number of anilines is 1. The Hall–Kier alpha value is -3.43. The summed E-state index contributed by atoms with van der Waals surface area (Å²) < 4.78 is 6.89. The minimum atomic E-state index is -0.398. The number of thiazole rings is 1. The first-order valence-electron chi connectivity index (χ1n) is 9.39. The number of nitrogens with one attached hydrogen (secondary N) is 1. The van der Waals surface area contributed by atoms with Gasteiger partial charge in [-0.15, -0.1) is 23.1 Å². The van der Waals surface area contributed by atoms with E-state index in [-0.39, 0.29) is 18.0 Å². The van der Waals surface area contributed by atoms with Crippen molar-refractivity contribution in [3.8, 4) is 11.3 Å². The lowest BCUT2D eigenvalue weighted by molar-refractivity contribution is -0.116. The number of hydrogen-bond acceptors (Lipinski definition) is 7. The molecule has 0 fully saturated rings. The van der Waals surface area contributed by atoms with Crippen molar-refractivity contribution in [1.82, 2.24) is 14.5 Å². The summed E-state index contributed by atoms with van der Waals surface area (Å²) in [6.45, 7) is -0.184. The molecule has 31 heavy (non-hydrogen) atoms. The van der Waals surface area contributed by atoms with E-state index in [1.165, 1.54) is 27.1 Å². The molecule has 0 radical (unpaired) electrons. The number of para-hydroxylation sites is 1. The smallest absolute Gasteiger partial charge is 0.297 e. The second kappa shape index (κ2) is 8.01. The highest BCUT2D eigenvalue weighted by molar-refractivity contribution is 7.98. The van der Waals surface area contributed by atoms with Crippen molar-refractivity contribution in [3.05, 3.63) is 70.6 Å². The molecular weight excluding hydrogens is 432 g/mol. The normalized spacial score (nSPS) is 11.3. The highest BCUT2D eigenvalue weighted by Crippen LogP contribution is 2.27. The molecule has 2 aromatic carbocycles. The van der Waals surface area contributed by atoms with Gasteiger partial charge in [0.25, 0.3) is 5.56 Å². The summed E-state index contributed by atoms with van der Waals surface area (Å²) in [5.74, 6) is -0.363. The largest absolute Gasteiger partial charge is 0.448 e. The number of thioether (sulfide) groups is 1. The maximum atomic E-state index is 12.8. The Bertz CT molecular complexity index is 1470. The Labute approximate surface area is 184 Å². The Balaban J connectivity index is 1.34. The lowest BCUT2D eigenvalue weighted by atomic mass is 10.2. The number of amides is 1. The van der Waals surface area contributed by atoms with Crippen LogP contribution in [0.2, 0.25) is 0 Å². The van der Waals surface area contributed by atoms with Gasteiger partial charge >= 0.3 is 0 Å². The van der Waals surface area contributed by atoms with Crippen molar-refractivity contribution in [3.63, 3.8) is 0 Å². The van der Waals surface area contributed by atoms with Crippen molar-refractivity contribution in [1.29, 1.82) is 0 Å². The number of nitrogens with zero attached hydrogens (tertiary/aromatic N) is 3. The van der Waals surface area contributed by atoms with Crippen molar-refractivity contribution in [2.45, 2.75) is 11.4 Å². The van der Waals surface area contributed by atoms with Crippen molar-refractivity contribution >= 4 is 56.2 Å². The quantitative estimate of drug-likeness (QED) is 0.395. The molecule has 0 aliphatic carbocycles. The van der Waals surface area contributed by atoms with Crippen LogP contribution in [0.1, 0.15) is 0 Å². The molecule has 1 N–H and O–H groups in total. The van der Waals surface area contributed by atoms with Gasteiger partial charge in [-0.05, 0) is 30.5 Å². The molecule has 0 atom stereocenters. The van der Waals surface area contributed by atoms with E-state index in [4.69, 9.17) is 4.42 Å². The average molecular weight is 449 g/mol. The number of furan rings is 1. The zero-order valence-corrected chi connectivity index (χ0v) is 18.0. The number of fused-ring (bicyclic) bond motifs is 3. The molecule has 0 unspecified atom stereocenters. The first-order chi connectivity index (χ1) is 15.1. The second-order valence-corrected chi connectivity index (χ2v) is 8.51. The Morgan fingerprint density at radius 3 is 2.81 bits per heavy atom. The van der Waals surface area contributed by atoms with Gasteiger partial charge in [0.1, 0.15) is 17.6 Å². The predicted octanol–water partition coefficient (Wildman–Crippen LogP) is 4.63. The topological polar surface area (TPSA) is 90.0 Å². The number of hydrogen-bond donors (Lipinski definition) is 1. The third kappa shape index (κ3) is 3.73. The van der Waals surface area contributed by atoms with Crippen molar-refractivity contribution in [2.24, 2.45) is 0 Å². The fourth-order valence-corrected chi connectivity index (χ4v) is 4.41. The number of carbonyl (C=O) groups excluding carboxylic acids is 1. The van der Waals surface area contributed by atoms with E-state index < -0.39 is 5.56 Å². The van der Waals surface area contributed by atoms with Gasteiger partial charge in [0.05, 0.1) is 12.0 Å². The first kappa shape index (κ1) is 19.5. The number of rotatable bonds is 5. The van der Waals surface area contributed by atoms with Gasteiger partial charge in [0.15, 0.2) is 5.13 Å². The average Bonchev–Trinajstić information content (AvgIpc) is 3.41. The molecule has 0 saturated carbocycles. The predicted molar refractivity (Wildman–Crippen MR) is 124 cm³/mol. The number of benzene rings is 2.